The van der Waals surface area contributed by atoms with Crippen LogP contribution in [0.5, 0.6) is 0 Å². The summed E-state index contributed by atoms with van der Waals surface area (Å²) in [6.45, 7) is 4.35. The number of sulfonamides is 1. The number of nitrogens with one attached hydrogen (secondary N) is 1. The van der Waals surface area contributed by atoms with E-state index in [1.807, 2.05) is 26.0 Å². The molecule has 2 aromatic rings. The first-order chi connectivity index (χ1) is 14.7. The van der Waals surface area contributed by atoms with Gasteiger partial charge in [0, 0.05) is 36.4 Å². The fourth-order valence-corrected chi connectivity index (χ4v) is 6.00. The van der Waals surface area contributed by atoms with Gasteiger partial charge in [0.2, 0.25) is 10.0 Å². The van der Waals surface area contributed by atoms with Crippen LogP contribution in [0.4, 0.5) is 4.39 Å². The molecule has 2 heterocycles. The van der Waals surface area contributed by atoms with Crippen molar-refractivity contribution in [3.63, 3.8) is 0 Å². The molecule has 3 rings (SSSR count). The summed E-state index contributed by atoms with van der Waals surface area (Å²) in [6, 6.07) is 9.23. The predicted molar refractivity (Wildman–Crippen MR) is 119 cm³/mol. The fraction of sp³-hybridized carbons (Fsp3) is 0.455. The average Bonchev–Trinajstić information content (AvgIpc) is 2.74. The molecule has 6 nitrogen and oxygen atoms in total. The third kappa shape index (κ3) is 4.91. The highest BCUT2D eigenvalue weighted by Crippen LogP contribution is 2.38. The van der Waals surface area contributed by atoms with Crippen molar-refractivity contribution in [2.75, 3.05) is 18.8 Å². The van der Waals surface area contributed by atoms with Crippen molar-refractivity contribution in [1.29, 1.82) is 0 Å². The molecule has 1 atom stereocenters. The van der Waals surface area contributed by atoms with E-state index >= 15 is 0 Å². The van der Waals surface area contributed by atoms with Gasteiger partial charge in [-0.15, -0.1) is 0 Å². The number of carbonyl (C=O) groups excluding carboxylic acids is 1. The Balaban J connectivity index is 1.88. The first-order valence-electron chi connectivity index (χ1n) is 10.4. The van der Waals surface area contributed by atoms with Crippen molar-refractivity contribution < 1.29 is 17.6 Å². The molecule has 0 aliphatic carbocycles. The highest BCUT2D eigenvalue weighted by Gasteiger charge is 2.44. The summed E-state index contributed by atoms with van der Waals surface area (Å²) < 4.78 is 40.8. The molecule has 1 fully saturated rings. The second kappa shape index (κ2) is 9.63. The summed E-state index contributed by atoms with van der Waals surface area (Å²) in [4.78, 5) is 17.4. The van der Waals surface area contributed by atoms with E-state index < -0.39 is 33.2 Å². The topological polar surface area (TPSA) is 79.4 Å². The quantitative estimate of drug-likeness (QED) is 0.673. The van der Waals surface area contributed by atoms with Gasteiger partial charge in [-0.3, -0.25) is 9.78 Å². The smallest absolute Gasteiger partial charge is 0.256 e. The predicted octanol–water partition coefficient (Wildman–Crippen LogP) is 3.77. The van der Waals surface area contributed by atoms with Gasteiger partial charge in [-0.25, -0.2) is 17.1 Å². The van der Waals surface area contributed by atoms with Crippen molar-refractivity contribution in [2.45, 2.75) is 44.6 Å². The molecular formula is C22H27ClFN3O3S. The second-order valence-electron chi connectivity index (χ2n) is 7.88. The minimum atomic E-state index is -3.31. The number of pyridine rings is 1. The lowest BCUT2D eigenvalue weighted by Crippen LogP contribution is -2.55. The molecule has 0 saturated carbocycles. The first-order valence-corrected chi connectivity index (χ1v) is 12.3. The molecule has 0 radical (unpaired) electrons. The van der Waals surface area contributed by atoms with E-state index in [1.165, 1.54) is 22.5 Å². The monoisotopic (exact) mass is 466 g/mol. The number of aromatic nitrogens is 1. The third-order valence-electron chi connectivity index (χ3n) is 6.01. The minimum Gasteiger partial charge on any atom is -0.348 e. The number of hydrogen-bond donors (Lipinski definition) is 1. The van der Waals surface area contributed by atoms with Crippen molar-refractivity contribution >= 4 is 27.5 Å². The van der Waals surface area contributed by atoms with Gasteiger partial charge in [0.1, 0.15) is 5.82 Å². The molecule has 1 aromatic heterocycles. The lowest BCUT2D eigenvalue weighted by Gasteiger charge is -2.45. The zero-order valence-electron chi connectivity index (χ0n) is 17.6. The van der Waals surface area contributed by atoms with Gasteiger partial charge in [0.15, 0.2) is 0 Å². The number of piperidine rings is 1. The Kier molecular flexibility index (Phi) is 7.34. The van der Waals surface area contributed by atoms with Gasteiger partial charge in [-0.1, -0.05) is 30.7 Å². The van der Waals surface area contributed by atoms with E-state index in [0.29, 0.717) is 32.4 Å². The van der Waals surface area contributed by atoms with Crippen LogP contribution < -0.4 is 5.32 Å². The average molecular weight is 467 g/mol. The molecule has 9 heteroatoms. The van der Waals surface area contributed by atoms with Crippen LogP contribution >= 0.6 is 11.6 Å². The molecule has 0 spiro atoms. The largest absolute Gasteiger partial charge is 0.348 e. The molecule has 1 aliphatic heterocycles. The normalized spacial score (nSPS) is 17.8. The maximum absolute atomic E-state index is 14.2. The van der Waals surface area contributed by atoms with Crippen molar-refractivity contribution in [1.82, 2.24) is 14.6 Å². The van der Waals surface area contributed by atoms with Crippen LogP contribution in [0.15, 0.2) is 42.6 Å². The number of hydrogen-bond acceptors (Lipinski definition) is 4. The number of nitrogens with zero attached hydrogens (tertiary/aromatic N) is 2. The Bertz CT molecular complexity index is 1010. The van der Waals surface area contributed by atoms with E-state index in [9.17, 15) is 17.6 Å². The number of carbonyl (C=O) groups is 1. The summed E-state index contributed by atoms with van der Waals surface area (Å²) in [5.74, 6) is -1.18. The van der Waals surface area contributed by atoms with Gasteiger partial charge in [0.25, 0.3) is 5.91 Å². The molecule has 1 saturated heterocycles. The van der Waals surface area contributed by atoms with Crippen LogP contribution in [0.1, 0.15) is 49.2 Å². The summed E-state index contributed by atoms with van der Waals surface area (Å²) in [7, 11) is -3.31. The summed E-state index contributed by atoms with van der Waals surface area (Å²) in [5, 5.41) is 2.93. The fourth-order valence-electron chi connectivity index (χ4n) is 4.24. The Morgan fingerprint density at radius 2 is 1.97 bits per heavy atom. The molecule has 1 aromatic carbocycles. The zero-order chi connectivity index (χ0) is 22.6. The van der Waals surface area contributed by atoms with E-state index in [1.54, 1.807) is 12.3 Å². The van der Waals surface area contributed by atoms with E-state index in [-0.39, 0.29) is 16.3 Å². The molecule has 1 amide bonds. The van der Waals surface area contributed by atoms with Crippen LogP contribution in [-0.4, -0.2) is 48.5 Å². The Morgan fingerprint density at radius 3 is 2.55 bits per heavy atom. The number of amides is 1. The highest BCUT2D eigenvalue weighted by atomic mass is 35.5. The minimum absolute atomic E-state index is 0.0389. The molecule has 1 N–H and O–H groups in total. The second-order valence-corrected chi connectivity index (χ2v) is 10.4. The molecular weight excluding hydrogens is 440 g/mol. The van der Waals surface area contributed by atoms with Crippen LogP contribution in [0.25, 0.3) is 0 Å². The Morgan fingerprint density at radius 1 is 1.26 bits per heavy atom. The first kappa shape index (κ1) is 23.6. The van der Waals surface area contributed by atoms with Crippen LogP contribution in [0.2, 0.25) is 5.02 Å². The van der Waals surface area contributed by atoms with Gasteiger partial charge < -0.3 is 5.32 Å². The Labute approximate surface area is 187 Å². The third-order valence-corrected chi connectivity index (χ3v) is 8.40. The SMILES string of the molecule is CCCS(=O)(=O)N1CCC(c2ccccn2)([C@H](C)NC(=O)c2c([18F])cccc2Cl)CC1. The molecule has 31 heavy (non-hydrogen) atoms. The lowest BCUT2D eigenvalue weighted by atomic mass is 9.70. The van der Waals surface area contributed by atoms with E-state index in [0.717, 1.165) is 5.69 Å². The van der Waals surface area contributed by atoms with Gasteiger partial charge in [0.05, 0.1) is 16.3 Å². The van der Waals surface area contributed by atoms with Crippen molar-refractivity contribution in [3.05, 3.63) is 64.7 Å². The highest BCUT2D eigenvalue weighted by molar-refractivity contribution is 7.89. The molecule has 168 valence electrons. The van der Waals surface area contributed by atoms with E-state index in [2.05, 4.69) is 10.3 Å². The van der Waals surface area contributed by atoms with Gasteiger partial charge >= 0.3 is 0 Å². The van der Waals surface area contributed by atoms with Crippen LogP contribution in [0.3, 0.4) is 0 Å². The molecule has 0 unspecified atom stereocenters. The number of halogens is 2. The van der Waals surface area contributed by atoms with Gasteiger partial charge in [-0.05, 0) is 50.5 Å². The zero-order valence-corrected chi connectivity index (χ0v) is 19.2. The lowest BCUT2D eigenvalue weighted by molar-refractivity contribution is 0.0889. The van der Waals surface area contributed by atoms with Crippen molar-refractivity contribution in [2.24, 2.45) is 0 Å². The maximum Gasteiger partial charge on any atom is 0.256 e. The molecule has 0 bridgehead atoms. The van der Waals surface area contributed by atoms with Crippen LogP contribution in [-0.2, 0) is 15.4 Å². The number of rotatable bonds is 7. The number of benzene rings is 1. The summed E-state index contributed by atoms with van der Waals surface area (Å²) in [5.41, 5.74) is -0.0162. The summed E-state index contributed by atoms with van der Waals surface area (Å²) >= 11 is 6.06. The maximum atomic E-state index is 14.2. The van der Waals surface area contributed by atoms with Crippen LogP contribution in [0, 0.1) is 5.82 Å². The van der Waals surface area contributed by atoms with E-state index in [4.69, 9.17) is 11.6 Å². The molecule has 1 aliphatic rings. The standard InChI is InChI=1S/C22H27ClFN3O3S/c1-3-15-31(29,30)27-13-10-22(11-14-27,19-9-4-5-12-25-19)16(2)26-21(28)20-17(23)7-6-8-18(20)24/h4-9,12,16H,3,10-11,13-15H2,1-2H3,(H,26,28)/t16-/m0/s1/i24-1. The summed E-state index contributed by atoms with van der Waals surface area (Å²) in [6.07, 6.45) is 3.21. The van der Waals surface area contributed by atoms with Gasteiger partial charge in [-0.2, -0.15) is 0 Å². The Hall–Kier alpha value is -2.03. The van der Waals surface area contributed by atoms with Crippen molar-refractivity contribution in [3.8, 4) is 0 Å².